The molecule has 2 aromatic carbocycles. The van der Waals surface area contributed by atoms with Crippen molar-refractivity contribution in [3.63, 3.8) is 0 Å². The van der Waals surface area contributed by atoms with Crippen LogP contribution in [-0.4, -0.2) is 31.3 Å². The third-order valence-corrected chi connectivity index (χ3v) is 5.56. The van der Waals surface area contributed by atoms with E-state index in [2.05, 4.69) is 0 Å². The number of anilines is 1. The number of amides is 1. The molecule has 136 valence electrons. The molecule has 0 aliphatic carbocycles. The van der Waals surface area contributed by atoms with Crippen LogP contribution in [0.15, 0.2) is 41.3 Å². The van der Waals surface area contributed by atoms with Gasteiger partial charge in [-0.2, -0.15) is 0 Å². The number of hydrogen-bond acceptors (Lipinski definition) is 5. The second kappa shape index (κ2) is 7.60. The SMILES string of the molecule is COC(=O)c1cccc(CN2C(=O)C(C)Sc3cc(Cl)c(OC)cc32)c1. The molecule has 1 amide bonds. The molecule has 7 heteroatoms. The van der Waals surface area contributed by atoms with Crippen LogP contribution in [0, 0.1) is 0 Å². The Hall–Kier alpha value is -2.18. The average molecular weight is 392 g/mol. The van der Waals surface area contributed by atoms with Crippen molar-refractivity contribution < 1.29 is 19.1 Å². The van der Waals surface area contributed by atoms with Gasteiger partial charge in [-0.3, -0.25) is 4.79 Å². The molecule has 0 saturated carbocycles. The first-order valence-electron chi connectivity index (χ1n) is 7.97. The minimum atomic E-state index is -0.408. The molecule has 3 rings (SSSR count). The van der Waals surface area contributed by atoms with E-state index in [1.807, 2.05) is 19.1 Å². The number of hydrogen-bond donors (Lipinski definition) is 0. The van der Waals surface area contributed by atoms with Crippen molar-refractivity contribution in [3.8, 4) is 5.75 Å². The predicted molar refractivity (Wildman–Crippen MR) is 102 cm³/mol. The third kappa shape index (κ3) is 3.52. The van der Waals surface area contributed by atoms with Crippen LogP contribution < -0.4 is 9.64 Å². The number of carbonyl (C=O) groups is 2. The van der Waals surface area contributed by atoms with Crippen LogP contribution in [0.5, 0.6) is 5.75 Å². The molecule has 1 unspecified atom stereocenters. The molecule has 1 aliphatic heterocycles. The Bertz CT molecular complexity index is 871. The molecule has 1 heterocycles. The van der Waals surface area contributed by atoms with Crippen molar-refractivity contribution in [1.82, 2.24) is 0 Å². The Morgan fingerprint density at radius 2 is 2.04 bits per heavy atom. The number of benzene rings is 2. The van der Waals surface area contributed by atoms with Gasteiger partial charge in [0.25, 0.3) is 0 Å². The van der Waals surface area contributed by atoms with Gasteiger partial charge in [-0.15, -0.1) is 11.8 Å². The van der Waals surface area contributed by atoms with E-state index < -0.39 is 5.97 Å². The van der Waals surface area contributed by atoms with Crippen LogP contribution in [0.3, 0.4) is 0 Å². The Balaban J connectivity index is 2.00. The summed E-state index contributed by atoms with van der Waals surface area (Å²) in [5.74, 6) is 0.103. The van der Waals surface area contributed by atoms with E-state index >= 15 is 0 Å². The number of ether oxygens (including phenoxy) is 2. The number of carbonyl (C=O) groups excluding carboxylic acids is 2. The minimum Gasteiger partial charge on any atom is -0.495 e. The lowest BCUT2D eigenvalue weighted by Crippen LogP contribution is -2.39. The molecule has 0 N–H and O–H groups in total. The zero-order chi connectivity index (χ0) is 18.8. The van der Waals surface area contributed by atoms with Gasteiger partial charge in [0.05, 0.1) is 42.3 Å². The molecule has 26 heavy (non-hydrogen) atoms. The Kier molecular flexibility index (Phi) is 5.44. The Morgan fingerprint density at radius 3 is 2.73 bits per heavy atom. The molecule has 0 spiro atoms. The lowest BCUT2D eigenvalue weighted by Gasteiger charge is -2.33. The smallest absolute Gasteiger partial charge is 0.337 e. The lowest BCUT2D eigenvalue weighted by molar-refractivity contribution is -0.118. The van der Waals surface area contributed by atoms with Gasteiger partial charge in [0, 0.05) is 11.0 Å². The summed E-state index contributed by atoms with van der Waals surface area (Å²) in [5.41, 5.74) is 2.04. The summed E-state index contributed by atoms with van der Waals surface area (Å²) in [6.45, 7) is 2.21. The number of halogens is 1. The van der Waals surface area contributed by atoms with Gasteiger partial charge in [0.1, 0.15) is 5.75 Å². The van der Waals surface area contributed by atoms with Crippen molar-refractivity contribution in [1.29, 1.82) is 0 Å². The summed E-state index contributed by atoms with van der Waals surface area (Å²) in [7, 11) is 2.88. The highest BCUT2D eigenvalue weighted by atomic mass is 35.5. The normalized spacial score (nSPS) is 16.2. The highest BCUT2D eigenvalue weighted by Gasteiger charge is 2.32. The zero-order valence-electron chi connectivity index (χ0n) is 14.6. The second-order valence-electron chi connectivity index (χ2n) is 5.83. The molecule has 1 aliphatic rings. The minimum absolute atomic E-state index is 0.00431. The van der Waals surface area contributed by atoms with Crippen LogP contribution in [0.4, 0.5) is 5.69 Å². The number of nitrogens with zero attached hydrogens (tertiary/aromatic N) is 1. The number of esters is 1. The van der Waals surface area contributed by atoms with Crippen LogP contribution in [0.1, 0.15) is 22.8 Å². The standard InChI is InChI=1S/C19H18ClNO4S/c1-11-18(22)21(10-12-5-4-6-13(7-12)19(23)25-3)15-9-16(24-2)14(20)8-17(15)26-11/h4-9,11H,10H2,1-3H3. The molecule has 0 saturated heterocycles. The summed E-state index contributed by atoms with van der Waals surface area (Å²) in [5, 5.41) is 0.281. The maximum absolute atomic E-state index is 12.8. The summed E-state index contributed by atoms with van der Waals surface area (Å²) in [6, 6.07) is 10.7. The number of rotatable bonds is 4. The first kappa shape index (κ1) is 18.6. The summed E-state index contributed by atoms with van der Waals surface area (Å²) in [6.07, 6.45) is 0. The van der Waals surface area contributed by atoms with Crippen molar-refractivity contribution in [2.45, 2.75) is 23.6 Å². The Labute approximate surface area is 161 Å². The van der Waals surface area contributed by atoms with Gasteiger partial charge >= 0.3 is 5.97 Å². The van der Waals surface area contributed by atoms with Gasteiger partial charge in [-0.1, -0.05) is 23.7 Å². The van der Waals surface area contributed by atoms with E-state index in [4.69, 9.17) is 21.1 Å². The van der Waals surface area contributed by atoms with Crippen LogP contribution in [-0.2, 0) is 16.1 Å². The second-order valence-corrected chi connectivity index (χ2v) is 7.62. The first-order chi connectivity index (χ1) is 12.4. The fourth-order valence-electron chi connectivity index (χ4n) is 2.83. The zero-order valence-corrected chi connectivity index (χ0v) is 16.2. The molecular weight excluding hydrogens is 374 g/mol. The summed E-state index contributed by atoms with van der Waals surface area (Å²) >= 11 is 7.71. The van der Waals surface area contributed by atoms with Crippen LogP contribution >= 0.6 is 23.4 Å². The number of thioether (sulfide) groups is 1. The maximum Gasteiger partial charge on any atom is 0.337 e. The van der Waals surface area contributed by atoms with Gasteiger partial charge in [-0.25, -0.2) is 4.79 Å². The molecule has 0 fully saturated rings. The summed E-state index contributed by atoms with van der Waals surface area (Å²) < 4.78 is 10.1. The predicted octanol–water partition coefficient (Wildman–Crippen LogP) is 4.16. The quantitative estimate of drug-likeness (QED) is 0.732. The van der Waals surface area contributed by atoms with Gasteiger partial charge in [0.15, 0.2) is 0 Å². The molecular formula is C19H18ClNO4S. The topological polar surface area (TPSA) is 55.8 Å². The highest BCUT2D eigenvalue weighted by Crippen LogP contribution is 2.44. The number of methoxy groups -OCH3 is 2. The summed E-state index contributed by atoms with van der Waals surface area (Å²) in [4.78, 5) is 27.2. The van der Waals surface area contributed by atoms with E-state index in [1.165, 1.54) is 26.0 Å². The molecule has 0 aromatic heterocycles. The van der Waals surface area contributed by atoms with Gasteiger partial charge < -0.3 is 14.4 Å². The fraction of sp³-hybridized carbons (Fsp3) is 0.263. The van der Waals surface area contributed by atoms with E-state index in [-0.39, 0.29) is 11.2 Å². The van der Waals surface area contributed by atoms with E-state index in [9.17, 15) is 9.59 Å². The molecule has 1 atom stereocenters. The lowest BCUT2D eigenvalue weighted by atomic mass is 10.1. The van der Waals surface area contributed by atoms with Crippen molar-refractivity contribution in [2.24, 2.45) is 0 Å². The third-order valence-electron chi connectivity index (χ3n) is 4.13. The average Bonchev–Trinajstić information content (AvgIpc) is 2.64. The van der Waals surface area contributed by atoms with Crippen molar-refractivity contribution in [2.75, 3.05) is 19.1 Å². The van der Waals surface area contributed by atoms with Gasteiger partial charge in [0.2, 0.25) is 5.91 Å². The monoisotopic (exact) mass is 391 g/mol. The fourth-order valence-corrected chi connectivity index (χ4v) is 4.22. The van der Waals surface area contributed by atoms with E-state index in [0.29, 0.717) is 22.9 Å². The largest absolute Gasteiger partial charge is 0.495 e. The number of fused-ring (bicyclic) bond motifs is 1. The molecule has 0 radical (unpaired) electrons. The van der Waals surface area contributed by atoms with E-state index in [1.54, 1.807) is 29.2 Å². The van der Waals surface area contributed by atoms with Crippen molar-refractivity contribution >= 4 is 40.9 Å². The van der Waals surface area contributed by atoms with Crippen molar-refractivity contribution in [3.05, 3.63) is 52.5 Å². The van der Waals surface area contributed by atoms with E-state index in [0.717, 1.165) is 16.1 Å². The maximum atomic E-state index is 12.8. The first-order valence-corrected chi connectivity index (χ1v) is 9.23. The molecule has 0 bridgehead atoms. The van der Waals surface area contributed by atoms with Crippen LogP contribution in [0.25, 0.3) is 0 Å². The Morgan fingerprint density at radius 1 is 1.27 bits per heavy atom. The molecule has 5 nitrogen and oxygen atoms in total. The molecule has 2 aromatic rings. The van der Waals surface area contributed by atoms with Crippen LogP contribution in [0.2, 0.25) is 5.02 Å². The van der Waals surface area contributed by atoms with Gasteiger partial charge in [-0.05, 0) is 30.7 Å². The highest BCUT2D eigenvalue weighted by molar-refractivity contribution is 8.01.